The molecular formula is C23H29N3O5S2. The number of nitrogens with one attached hydrogen (secondary N) is 1. The van der Waals surface area contributed by atoms with Crippen LogP contribution in [0.2, 0.25) is 0 Å². The Kier molecular flexibility index (Phi) is 6.63. The van der Waals surface area contributed by atoms with Crippen LogP contribution in [0, 0.1) is 0 Å². The van der Waals surface area contributed by atoms with E-state index >= 15 is 0 Å². The van der Waals surface area contributed by atoms with Gasteiger partial charge in [-0.2, -0.15) is 8.61 Å². The summed E-state index contributed by atoms with van der Waals surface area (Å²) >= 11 is 0. The normalized spacial score (nSPS) is 22.9. The first-order valence-electron chi connectivity index (χ1n) is 11.0. The van der Waals surface area contributed by atoms with Crippen molar-refractivity contribution in [3.05, 3.63) is 71.3 Å². The largest absolute Gasteiger partial charge is 0.347 e. The lowest BCUT2D eigenvalue weighted by atomic mass is 10.0. The third-order valence-electron chi connectivity index (χ3n) is 6.44. The predicted molar refractivity (Wildman–Crippen MR) is 127 cm³/mol. The summed E-state index contributed by atoms with van der Waals surface area (Å²) in [5.41, 5.74) is 2.08. The van der Waals surface area contributed by atoms with Crippen LogP contribution in [0.25, 0.3) is 0 Å². The van der Waals surface area contributed by atoms with Crippen molar-refractivity contribution in [1.82, 2.24) is 13.9 Å². The highest BCUT2D eigenvalue weighted by molar-refractivity contribution is 7.89. The van der Waals surface area contributed by atoms with Crippen LogP contribution in [0.3, 0.4) is 0 Å². The van der Waals surface area contributed by atoms with Crippen molar-refractivity contribution >= 4 is 26.0 Å². The van der Waals surface area contributed by atoms with Gasteiger partial charge in [0, 0.05) is 31.2 Å². The van der Waals surface area contributed by atoms with E-state index < -0.39 is 25.3 Å². The lowest BCUT2D eigenvalue weighted by Crippen LogP contribution is -2.60. The number of benzene rings is 2. The quantitative estimate of drug-likeness (QED) is 0.668. The smallest absolute Gasteiger partial charge is 0.251 e. The molecule has 4 rings (SSSR count). The van der Waals surface area contributed by atoms with E-state index in [-0.39, 0.29) is 31.1 Å². The van der Waals surface area contributed by atoms with E-state index in [1.165, 1.54) is 4.31 Å². The summed E-state index contributed by atoms with van der Waals surface area (Å²) in [6.07, 6.45) is 2.54. The van der Waals surface area contributed by atoms with Crippen LogP contribution in [0.15, 0.2) is 54.6 Å². The Morgan fingerprint density at radius 1 is 1.06 bits per heavy atom. The summed E-state index contributed by atoms with van der Waals surface area (Å²) in [7, 11) is -6.75. The fraction of sp³-hybridized carbons (Fsp3) is 0.435. The Morgan fingerprint density at radius 2 is 1.70 bits per heavy atom. The fourth-order valence-corrected chi connectivity index (χ4v) is 7.58. The van der Waals surface area contributed by atoms with Crippen LogP contribution in [-0.4, -0.2) is 63.3 Å². The average molecular weight is 492 g/mol. The van der Waals surface area contributed by atoms with Crippen molar-refractivity contribution in [3.8, 4) is 0 Å². The third-order valence-corrected chi connectivity index (χ3v) is 10.1. The molecule has 2 aliphatic rings. The lowest BCUT2D eigenvalue weighted by molar-refractivity contribution is 0.0896. The lowest BCUT2D eigenvalue weighted by Gasteiger charge is -2.37. The number of amides is 1. The molecule has 0 aliphatic carbocycles. The molecule has 2 aromatic rings. The van der Waals surface area contributed by atoms with E-state index in [4.69, 9.17) is 0 Å². The molecule has 178 valence electrons. The second-order valence-corrected chi connectivity index (χ2v) is 12.8. The topological polar surface area (TPSA) is 104 Å². The van der Waals surface area contributed by atoms with Gasteiger partial charge in [0.15, 0.2) is 0 Å². The first kappa shape index (κ1) is 23.9. The molecule has 0 bridgehead atoms. The molecule has 0 radical (unpaired) electrons. The molecule has 1 amide bonds. The molecule has 2 fully saturated rings. The molecule has 2 unspecified atom stereocenters. The highest BCUT2D eigenvalue weighted by Crippen LogP contribution is 2.38. The van der Waals surface area contributed by atoms with Crippen LogP contribution in [0.5, 0.6) is 0 Å². The number of hydrogen-bond donors (Lipinski definition) is 1. The minimum Gasteiger partial charge on any atom is -0.347 e. The fourth-order valence-electron chi connectivity index (χ4n) is 4.44. The zero-order valence-electron chi connectivity index (χ0n) is 18.7. The van der Waals surface area contributed by atoms with E-state index in [0.29, 0.717) is 18.5 Å². The molecule has 33 heavy (non-hydrogen) atoms. The molecule has 8 nitrogen and oxygen atoms in total. The van der Waals surface area contributed by atoms with Crippen LogP contribution in [0.1, 0.15) is 52.5 Å². The molecule has 1 N–H and O–H groups in total. The number of hydrogen-bond acceptors (Lipinski definition) is 5. The second-order valence-electron chi connectivity index (χ2n) is 8.75. The maximum atomic E-state index is 13.4. The van der Waals surface area contributed by atoms with Crippen molar-refractivity contribution in [3.63, 3.8) is 0 Å². The molecular weight excluding hydrogens is 462 g/mol. The van der Waals surface area contributed by atoms with Gasteiger partial charge in [-0.25, -0.2) is 16.8 Å². The van der Waals surface area contributed by atoms with Gasteiger partial charge >= 0.3 is 0 Å². The van der Waals surface area contributed by atoms with Gasteiger partial charge in [-0.3, -0.25) is 4.79 Å². The Bertz CT molecular complexity index is 1210. The predicted octanol–water partition coefficient (Wildman–Crippen LogP) is 2.29. The zero-order valence-corrected chi connectivity index (χ0v) is 20.3. The minimum absolute atomic E-state index is 0.209. The van der Waals surface area contributed by atoms with Gasteiger partial charge in [0.05, 0.1) is 12.3 Å². The summed E-state index contributed by atoms with van der Waals surface area (Å²) in [4.78, 5) is 12.5. The van der Waals surface area contributed by atoms with E-state index in [2.05, 4.69) is 5.32 Å². The SMILES string of the molecule is CC(c1ccc(C(=O)NC2CN(S(C)(=O)=O)C2)cc1)N1CCCC(c2ccccc2)S1(=O)=O. The minimum atomic E-state index is -3.52. The van der Waals surface area contributed by atoms with Crippen molar-refractivity contribution < 1.29 is 21.6 Å². The van der Waals surface area contributed by atoms with Gasteiger partial charge in [0.25, 0.3) is 5.91 Å². The Hall–Kier alpha value is -2.27. The number of rotatable bonds is 6. The summed E-state index contributed by atoms with van der Waals surface area (Å²) < 4.78 is 52.5. The summed E-state index contributed by atoms with van der Waals surface area (Å²) in [6, 6.07) is 15.7. The van der Waals surface area contributed by atoms with Crippen LogP contribution in [-0.2, 0) is 20.0 Å². The average Bonchev–Trinajstić information content (AvgIpc) is 2.75. The number of carbonyl (C=O) groups is 1. The first-order chi connectivity index (χ1) is 15.6. The van der Waals surface area contributed by atoms with Gasteiger partial charge in [-0.15, -0.1) is 0 Å². The van der Waals surface area contributed by atoms with Crippen molar-refractivity contribution in [1.29, 1.82) is 0 Å². The van der Waals surface area contributed by atoms with E-state index in [1.807, 2.05) is 37.3 Å². The van der Waals surface area contributed by atoms with Gasteiger partial charge < -0.3 is 5.32 Å². The number of nitrogens with zero attached hydrogens (tertiary/aromatic N) is 2. The van der Waals surface area contributed by atoms with Crippen LogP contribution >= 0.6 is 0 Å². The van der Waals surface area contributed by atoms with Crippen molar-refractivity contribution in [2.45, 2.75) is 37.1 Å². The third kappa shape index (κ3) is 4.98. The van der Waals surface area contributed by atoms with Gasteiger partial charge in [-0.1, -0.05) is 42.5 Å². The van der Waals surface area contributed by atoms with E-state index in [1.54, 1.807) is 28.6 Å². The van der Waals surface area contributed by atoms with Crippen molar-refractivity contribution in [2.24, 2.45) is 0 Å². The Morgan fingerprint density at radius 3 is 2.30 bits per heavy atom. The molecule has 2 heterocycles. The van der Waals surface area contributed by atoms with E-state index in [9.17, 15) is 21.6 Å². The molecule has 2 atom stereocenters. The molecule has 0 spiro atoms. The molecule has 0 aromatic heterocycles. The molecule has 2 aromatic carbocycles. The van der Waals surface area contributed by atoms with Gasteiger partial charge in [0.1, 0.15) is 5.25 Å². The molecule has 2 aliphatic heterocycles. The number of sulfonamides is 2. The Balaban J connectivity index is 1.43. The highest BCUT2D eigenvalue weighted by atomic mass is 32.2. The molecule has 10 heteroatoms. The maximum Gasteiger partial charge on any atom is 0.251 e. The summed E-state index contributed by atoms with van der Waals surface area (Å²) in [5.74, 6) is -0.276. The van der Waals surface area contributed by atoms with E-state index in [0.717, 1.165) is 23.8 Å². The molecule has 0 saturated carbocycles. The van der Waals surface area contributed by atoms with Crippen molar-refractivity contribution in [2.75, 3.05) is 25.9 Å². The maximum absolute atomic E-state index is 13.4. The zero-order chi connectivity index (χ0) is 23.8. The number of carbonyl (C=O) groups excluding carboxylic acids is 1. The van der Waals surface area contributed by atoms with Crippen LogP contribution < -0.4 is 5.32 Å². The Labute approximate surface area is 195 Å². The first-order valence-corrected chi connectivity index (χ1v) is 14.3. The monoisotopic (exact) mass is 491 g/mol. The standard InChI is InChI=1S/C23H29N3O5S2/c1-17(26-14-6-9-22(33(26,30)31)19-7-4-3-5-8-19)18-10-12-20(13-11-18)23(27)24-21-15-25(16-21)32(2,28)29/h3-5,7-8,10-13,17,21-22H,6,9,14-16H2,1-2H3,(H,24,27). The highest BCUT2D eigenvalue weighted by Gasteiger charge is 2.39. The summed E-state index contributed by atoms with van der Waals surface area (Å²) in [5, 5.41) is 2.29. The van der Waals surface area contributed by atoms with Crippen LogP contribution in [0.4, 0.5) is 0 Å². The van der Waals surface area contributed by atoms with Gasteiger partial charge in [0.2, 0.25) is 20.0 Å². The van der Waals surface area contributed by atoms with Gasteiger partial charge in [-0.05, 0) is 43.0 Å². The molecule has 2 saturated heterocycles. The second kappa shape index (κ2) is 9.17. The summed E-state index contributed by atoms with van der Waals surface area (Å²) in [6.45, 7) is 2.88.